The summed E-state index contributed by atoms with van der Waals surface area (Å²) in [7, 11) is 0. The first-order chi connectivity index (χ1) is 4.43. The fraction of sp³-hybridized carbons (Fsp3) is 0.143. The van der Waals surface area contributed by atoms with Gasteiger partial charge in [-0.05, 0) is 17.5 Å². The average molecular weight is 140 g/mol. The number of aliphatic hydroxyl groups is 1. The number of thiophene rings is 1. The molecule has 0 aliphatic heterocycles. The van der Waals surface area contributed by atoms with Gasteiger partial charge in [-0.15, -0.1) is 11.3 Å². The van der Waals surface area contributed by atoms with E-state index in [0.717, 1.165) is 0 Å². The molecule has 2 heteroatoms. The Morgan fingerprint density at radius 1 is 1.67 bits per heavy atom. The van der Waals surface area contributed by atoms with E-state index >= 15 is 0 Å². The molecule has 1 rings (SSSR count). The molecule has 0 amide bonds. The SMILES string of the molecule is OC/C=C\c1cccs1. The number of rotatable bonds is 2. The van der Waals surface area contributed by atoms with Crippen molar-refractivity contribution < 1.29 is 5.11 Å². The van der Waals surface area contributed by atoms with Crippen molar-refractivity contribution in [3.8, 4) is 0 Å². The molecule has 0 aliphatic rings. The highest BCUT2D eigenvalue weighted by molar-refractivity contribution is 7.10. The Hall–Kier alpha value is -0.600. The molecule has 0 saturated heterocycles. The lowest BCUT2D eigenvalue weighted by Gasteiger charge is -1.78. The zero-order valence-electron chi connectivity index (χ0n) is 4.95. The maximum absolute atomic E-state index is 8.38. The van der Waals surface area contributed by atoms with E-state index < -0.39 is 0 Å². The Morgan fingerprint density at radius 3 is 3.11 bits per heavy atom. The Labute approximate surface area is 58.3 Å². The molecular weight excluding hydrogens is 132 g/mol. The second-order valence-electron chi connectivity index (χ2n) is 1.60. The molecule has 1 nitrogen and oxygen atoms in total. The third-order valence-electron chi connectivity index (χ3n) is 0.931. The third-order valence-corrected chi connectivity index (χ3v) is 1.77. The van der Waals surface area contributed by atoms with Crippen LogP contribution in [0.4, 0.5) is 0 Å². The Kier molecular flexibility index (Phi) is 2.48. The molecule has 0 fully saturated rings. The van der Waals surface area contributed by atoms with E-state index in [-0.39, 0.29) is 6.61 Å². The zero-order chi connectivity index (χ0) is 6.53. The first kappa shape index (κ1) is 6.52. The minimum absolute atomic E-state index is 0.123. The predicted molar refractivity (Wildman–Crippen MR) is 40.4 cm³/mol. The van der Waals surface area contributed by atoms with Crippen molar-refractivity contribution in [3.63, 3.8) is 0 Å². The van der Waals surface area contributed by atoms with Gasteiger partial charge in [0.1, 0.15) is 0 Å². The molecule has 9 heavy (non-hydrogen) atoms. The maximum Gasteiger partial charge on any atom is 0.0615 e. The van der Waals surface area contributed by atoms with Crippen molar-refractivity contribution in [1.82, 2.24) is 0 Å². The van der Waals surface area contributed by atoms with Crippen LogP contribution in [-0.2, 0) is 0 Å². The van der Waals surface area contributed by atoms with Crippen LogP contribution in [0, 0.1) is 0 Å². The number of hydrogen-bond donors (Lipinski definition) is 1. The van der Waals surface area contributed by atoms with Gasteiger partial charge in [-0.3, -0.25) is 0 Å². The highest BCUT2D eigenvalue weighted by Crippen LogP contribution is 2.09. The van der Waals surface area contributed by atoms with E-state index in [1.165, 1.54) is 4.88 Å². The fourth-order valence-corrected chi connectivity index (χ4v) is 1.20. The Bertz CT molecular complexity index is 177. The first-order valence-corrected chi connectivity index (χ1v) is 3.62. The van der Waals surface area contributed by atoms with E-state index in [0.29, 0.717) is 0 Å². The van der Waals surface area contributed by atoms with Crippen LogP contribution in [0.1, 0.15) is 4.88 Å². The first-order valence-electron chi connectivity index (χ1n) is 2.74. The van der Waals surface area contributed by atoms with Gasteiger partial charge >= 0.3 is 0 Å². The summed E-state index contributed by atoms with van der Waals surface area (Å²) in [5.41, 5.74) is 0. The summed E-state index contributed by atoms with van der Waals surface area (Å²) in [5, 5.41) is 10.4. The highest BCUT2D eigenvalue weighted by Gasteiger charge is 1.81. The van der Waals surface area contributed by atoms with Gasteiger partial charge in [0.05, 0.1) is 6.61 Å². The molecule has 0 aliphatic carbocycles. The van der Waals surface area contributed by atoms with Crippen molar-refractivity contribution in [1.29, 1.82) is 0 Å². The van der Waals surface area contributed by atoms with Gasteiger partial charge in [-0.1, -0.05) is 12.1 Å². The monoisotopic (exact) mass is 140 g/mol. The molecule has 0 saturated carbocycles. The second-order valence-corrected chi connectivity index (χ2v) is 2.58. The van der Waals surface area contributed by atoms with E-state index in [4.69, 9.17) is 5.11 Å². The number of hydrogen-bond acceptors (Lipinski definition) is 2. The van der Waals surface area contributed by atoms with E-state index in [1.54, 1.807) is 17.4 Å². The lowest BCUT2D eigenvalue weighted by molar-refractivity contribution is 0.343. The highest BCUT2D eigenvalue weighted by atomic mass is 32.1. The van der Waals surface area contributed by atoms with Crippen LogP contribution < -0.4 is 0 Å². The minimum atomic E-state index is 0.123. The smallest absolute Gasteiger partial charge is 0.0615 e. The van der Waals surface area contributed by atoms with Crippen LogP contribution >= 0.6 is 11.3 Å². The summed E-state index contributed by atoms with van der Waals surface area (Å²) >= 11 is 1.66. The van der Waals surface area contributed by atoms with Crippen molar-refractivity contribution >= 4 is 17.4 Å². The molecule has 1 aromatic heterocycles. The van der Waals surface area contributed by atoms with E-state index in [9.17, 15) is 0 Å². The van der Waals surface area contributed by atoms with Gasteiger partial charge in [0.15, 0.2) is 0 Å². The zero-order valence-corrected chi connectivity index (χ0v) is 5.77. The molecule has 1 heterocycles. The normalized spacial score (nSPS) is 10.8. The van der Waals surface area contributed by atoms with Gasteiger partial charge in [0, 0.05) is 4.88 Å². The van der Waals surface area contributed by atoms with Crippen molar-refractivity contribution in [2.24, 2.45) is 0 Å². The minimum Gasteiger partial charge on any atom is -0.392 e. The van der Waals surface area contributed by atoms with Crippen molar-refractivity contribution in [3.05, 3.63) is 28.5 Å². The van der Waals surface area contributed by atoms with Crippen LogP contribution in [0.3, 0.4) is 0 Å². The molecule has 0 unspecified atom stereocenters. The van der Waals surface area contributed by atoms with Crippen LogP contribution in [0.2, 0.25) is 0 Å². The topological polar surface area (TPSA) is 20.2 Å². The van der Waals surface area contributed by atoms with E-state index in [1.807, 2.05) is 23.6 Å². The molecule has 0 spiro atoms. The third kappa shape index (κ3) is 2.00. The van der Waals surface area contributed by atoms with E-state index in [2.05, 4.69) is 0 Å². The summed E-state index contributed by atoms with van der Waals surface area (Å²) in [4.78, 5) is 1.18. The van der Waals surface area contributed by atoms with Crippen LogP contribution in [0.25, 0.3) is 6.08 Å². The summed E-state index contributed by atoms with van der Waals surface area (Å²) in [6.07, 6.45) is 3.64. The quantitative estimate of drug-likeness (QED) is 0.663. The molecule has 1 N–H and O–H groups in total. The van der Waals surface area contributed by atoms with Gasteiger partial charge in [0.25, 0.3) is 0 Å². The average Bonchev–Trinajstić information content (AvgIpc) is 2.34. The molecule has 1 aromatic rings. The van der Waals surface area contributed by atoms with Gasteiger partial charge < -0.3 is 5.11 Å². The summed E-state index contributed by atoms with van der Waals surface area (Å²) in [5.74, 6) is 0. The summed E-state index contributed by atoms with van der Waals surface area (Å²) < 4.78 is 0. The summed E-state index contributed by atoms with van der Waals surface area (Å²) in [6.45, 7) is 0.123. The van der Waals surface area contributed by atoms with Crippen LogP contribution in [0.15, 0.2) is 23.6 Å². The van der Waals surface area contributed by atoms with Crippen LogP contribution in [0.5, 0.6) is 0 Å². The Balaban J connectivity index is 2.57. The molecule has 0 radical (unpaired) electrons. The van der Waals surface area contributed by atoms with Crippen molar-refractivity contribution in [2.75, 3.05) is 6.61 Å². The van der Waals surface area contributed by atoms with Gasteiger partial charge in [0.2, 0.25) is 0 Å². The standard InChI is InChI=1S/C7H8OS/c8-5-1-3-7-4-2-6-9-7/h1-4,6,8H,5H2/b3-1-. The largest absolute Gasteiger partial charge is 0.392 e. The second kappa shape index (κ2) is 3.43. The molecule has 0 atom stereocenters. The lowest BCUT2D eigenvalue weighted by Crippen LogP contribution is -1.68. The van der Waals surface area contributed by atoms with Crippen LogP contribution in [-0.4, -0.2) is 11.7 Å². The van der Waals surface area contributed by atoms with Gasteiger partial charge in [-0.25, -0.2) is 0 Å². The predicted octanol–water partition coefficient (Wildman–Crippen LogP) is 1.75. The lowest BCUT2D eigenvalue weighted by atomic mass is 10.4. The van der Waals surface area contributed by atoms with Crippen molar-refractivity contribution in [2.45, 2.75) is 0 Å². The van der Waals surface area contributed by atoms with Gasteiger partial charge in [-0.2, -0.15) is 0 Å². The molecular formula is C7H8OS. The molecule has 0 bridgehead atoms. The number of aliphatic hydroxyl groups excluding tert-OH is 1. The fourth-order valence-electron chi connectivity index (χ4n) is 0.555. The maximum atomic E-state index is 8.38. The Morgan fingerprint density at radius 2 is 2.56 bits per heavy atom. The molecule has 48 valence electrons. The molecule has 0 aromatic carbocycles. The summed E-state index contributed by atoms with van der Waals surface area (Å²) in [6, 6.07) is 4.00.